The molecule has 2 fully saturated rings. The van der Waals surface area contributed by atoms with Crippen LogP contribution in [0.15, 0.2) is 72.8 Å². The first-order valence-corrected chi connectivity index (χ1v) is 11.6. The number of hydrogen-bond donors (Lipinski definition) is 2. The Morgan fingerprint density at radius 2 is 1.71 bits per heavy atom. The second-order valence-electron chi connectivity index (χ2n) is 9.23. The number of carbonyl (C=O) groups is 1. The lowest BCUT2D eigenvalue weighted by Crippen LogP contribution is -2.35. The SMILES string of the molecule is O=C(Nc1ccc(Cl)cc1)c1ccc2c(c1)C1C3CCC(C3)C1C(c1ccccc1)N2. The molecule has 2 N–H and O–H groups in total. The van der Waals surface area contributed by atoms with E-state index in [-0.39, 0.29) is 5.91 Å². The fourth-order valence-corrected chi connectivity index (χ4v) is 6.48. The maximum atomic E-state index is 13.0. The number of halogens is 1. The van der Waals surface area contributed by atoms with E-state index in [0.717, 1.165) is 23.1 Å². The van der Waals surface area contributed by atoms with Gasteiger partial charge in [0.15, 0.2) is 0 Å². The number of fused-ring (bicyclic) bond motifs is 7. The van der Waals surface area contributed by atoms with Crippen LogP contribution < -0.4 is 10.6 Å². The average molecular weight is 429 g/mol. The maximum Gasteiger partial charge on any atom is 0.255 e. The molecule has 3 aromatic rings. The van der Waals surface area contributed by atoms with E-state index in [1.54, 1.807) is 12.1 Å². The van der Waals surface area contributed by atoms with E-state index < -0.39 is 0 Å². The lowest BCUT2D eigenvalue weighted by molar-refractivity contribution is 0.102. The molecule has 6 rings (SSSR count). The van der Waals surface area contributed by atoms with Gasteiger partial charge in [-0.15, -0.1) is 0 Å². The summed E-state index contributed by atoms with van der Waals surface area (Å²) < 4.78 is 0. The number of rotatable bonds is 3. The highest BCUT2D eigenvalue weighted by Gasteiger charge is 2.53. The molecular weight excluding hydrogens is 404 g/mol. The third kappa shape index (κ3) is 3.23. The first kappa shape index (κ1) is 18.9. The van der Waals surface area contributed by atoms with Gasteiger partial charge in [0.1, 0.15) is 0 Å². The van der Waals surface area contributed by atoms with Crippen molar-refractivity contribution in [1.29, 1.82) is 0 Å². The number of amides is 1. The van der Waals surface area contributed by atoms with E-state index in [9.17, 15) is 4.79 Å². The predicted octanol–water partition coefficient (Wildman–Crippen LogP) is 6.89. The molecule has 0 aromatic heterocycles. The zero-order valence-corrected chi connectivity index (χ0v) is 18.0. The van der Waals surface area contributed by atoms with Crippen molar-refractivity contribution in [2.45, 2.75) is 31.2 Å². The Labute approximate surface area is 187 Å². The van der Waals surface area contributed by atoms with Crippen LogP contribution in [0.3, 0.4) is 0 Å². The van der Waals surface area contributed by atoms with E-state index in [0.29, 0.717) is 22.9 Å². The number of hydrogen-bond acceptors (Lipinski definition) is 2. The number of anilines is 2. The summed E-state index contributed by atoms with van der Waals surface area (Å²) in [6.45, 7) is 0. The van der Waals surface area contributed by atoms with Crippen molar-refractivity contribution < 1.29 is 4.79 Å². The molecule has 2 saturated carbocycles. The van der Waals surface area contributed by atoms with Crippen LogP contribution in [-0.2, 0) is 0 Å². The van der Waals surface area contributed by atoms with Crippen LogP contribution in [0.4, 0.5) is 11.4 Å². The number of benzene rings is 3. The topological polar surface area (TPSA) is 41.1 Å². The van der Waals surface area contributed by atoms with E-state index in [1.165, 1.54) is 36.1 Å². The Hall–Kier alpha value is -2.78. The highest BCUT2D eigenvalue weighted by Crippen LogP contribution is 2.63. The van der Waals surface area contributed by atoms with Gasteiger partial charge in [0, 0.05) is 22.0 Å². The Bertz CT molecular complexity index is 1130. The van der Waals surface area contributed by atoms with Gasteiger partial charge in [-0.2, -0.15) is 0 Å². The smallest absolute Gasteiger partial charge is 0.255 e. The standard InChI is InChI=1S/C27H25ClN2O/c28-20-9-11-21(12-10-20)29-27(31)19-8-13-23-22(15-19)24-17-6-7-18(14-17)25(24)26(30-23)16-4-2-1-3-5-16/h1-5,8-13,15,17-18,24-26,30H,6-7,14H2,(H,29,31). The molecule has 0 radical (unpaired) electrons. The molecule has 2 aliphatic carbocycles. The highest BCUT2D eigenvalue weighted by molar-refractivity contribution is 6.30. The fraction of sp³-hybridized carbons (Fsp3) is 0.296. The van der Waals surface area contributed by atoms with Gasteiger partial charge in [0.2, 0.25) is 0 Å². The number of carbonyl (C=O) groups excluding carboxylic acids is 1. The first-order valence-electron chi connectivity index (χ1n) is 11.2. The summed E-state index contributed by atoms with van der Waals surface area (Å²) in [7, 11) is 0. The summed E-state index contributed by atoms with van der Waals surface area (Å²) in [6, 6.07) is 24.6. The predicted molar refractivity (Wildman–Crippen MR) is 126 cm³/mol. The molecular formula is C27H25ClN2O. The molecule has 1 heterocycles. The molecule has 31 heavy (non-hydrogen) atoms. The minimum Gasteiger partial charge on any atom is -0.378 e. The van der Waals surface area contributed by atoms with Gasteiger partial charge >= 0.3 is 0 Å². The average Bonchev–Trinajstić information content (AvgIpc) is 3.43. The van der Waals surface area contributed by atoms with Crippen LogP contribution in [0, 0.1) is 17.8 Å². The molecule has 0 spiro atoms. The van der Waals surface area contributed by atoms with Gasteiger partial charge in [-0.3, -0.25) is 4.79 Å². The van der Waals surface area contributed by atoms with Gasteiger partial charge in [0.05, 0.1) is 6.04 Å². The summed E-state index contributed by atoms with van der Waals surface area (Å²) >= 11 is 5.96. The highest BCUT2D eigenvalue weighted by atomic mass is 35.5. The van der Waals surface area contributed by atoms with Gasteiger partial charge < -0.3 is 10.6 Å². The van der Waals surface area contributed by atoms with Crippen LogP contribution in [0.2, 0.25) is 5.02 Å². The van der Waals surface area contributed by atoms with Crippen LogP contribution in [0.5, 0.6) is 0 Å². The van der Waals surface area contributed by atoms with Crippen LogP contribution in [0.25, 0.3) is 0 Å². The van der Waals surface area contributed by atoms with Crippen molar-refractivity contribution in [2.75, 3.05) is 10.6 Å². The zero-order valence-electron chi connectivity index (χ0n) is 17.2. The van der Waals surface area contributed by atoms with Gasteiger partial charge in [-0.25, -0.2) is 0 Å². The molecule has 1 amide bonds. The first-order chi connectivity index (χ1) is 15.2. The Morgan fingerprint density at radius 3 is 2.52 bits per heavy atom. The van der Waals surface area contributed by atoms with Gasteiger partial charge in [-0.05, 0) is 96.5 Å². The Balaban J connectivity index is 1.34. The molecule has 3 nitrogen and oxygen atoms in total. The fourth-order valence-electron chi connectivity index (χ4n) is 6.35. The molecule has 5 atom stereocenters. The Morgan fingerprint density at radius 1 is 0.935 bits per heavy atom. The molecule has 1 aliphatic heterocycles. The minimum absolute atomic E-state index is 0.0741. The van der Waals surface area contributed by atoms with Crippen molar-refractivity contribution >= 4 is 28.9 Å². The second-order valence-corrected chi connectivity index (χ2v) is 9.67. The van der Waals surface area contributed by atoms with E-state index >= 15 is 0 Å². The molecule has 3 aliphatic rings. The lowest BCUT2D eigenvalue weighted by Gasteiger charge is -2.43. The van der Waals surface area contributed by atoms with Crippen molar-refractivity contribution in [3.05, 3.63) is 94.5 Å². The summed E-state index contributed by atoms with van der Waals surface area (Å²) in [5.74, 6) is 2.56. The Kier molecular flexibility index (Phi) is 4.53. The molecule has 5 unspecified atom stereocenters. The van der Waals surface area contributed by atoms with E-state index in [4.69, 9.17) is 11.6 Å². The van der Waals surface area contributed by atoms with Crippen LogP contribution >= 0.6 is 11.6 Å². The van der Waals surface area contributed by atoms with E-state index in [1.807, 2.05) is 18.2 Å². The van der Waals surface area contributed by atoms with Crippen LogP contribution in [0.1, 0.15) is 52.7 Å². The molecule has 0 saturated heterocycles. The number of nitrogens with one attached hydrogen (secondary N) is 2. The summed E-state index contributed by atoms with van der Waals surface area (Å²) in [4.78, 5) is 13.0. The largest absolute Gasteiger partial charge is 0.378 e. The summed E-state index contributed by atoms with van der Waals surface area (Å²) in [6.07, 6.45) is 3.97. The molecule has 3 aromatic carbocycles. The zero-order chi connectivity index (χ0) is 20.9. The van der Waals surface area contributed by atoms with Crippen molar-refractivity contribution in [2.24, 2.45) is 17.8 Å². The monoisotopic (exact) mass is 428 g/mol. The summed E-state index contributed by atoms with van der Waals surface area (Å²) in [5, 5.41) is 7.51. The lowest BCUT2D eigenvalue weighted by atomic mass is 9.68. The maximum absolute atomic E-state index is 13.0. The van der Waals surface area contributed by atoms with Gasteiger partial charge in [0.25, 0.3) is 5.91 Å². The molecule has 156 valence electrons. The van der Waals surface area contributed by atoms with Crippen molar-refractivity contribution in [1.82, 2.24) is 0 Å². The quantitative estimate of drug-likeness (QED) is 0.477. The summed E-state index contributed by atoms with van der Waals surface area (Å²) in [5.41, 5.74) is 5.36. The second kappa shape index (κ2) is 7.42. The van der Waals surface area contributed by atoms with Crippen molar-refractivity contribution in [3.8, 4) is 0 Å². The van der Waals surface area contributed by atoms with E-state index in [2.05, 4.69) is 53.1 Å². The third-order valence-corrected chi connectivity index (χ3v) is 7.86. The minimum atomic E-state index is -0.0741. The van der Waals surface area contributed by atoms with Crippen molar-refractivity contribution in [3.63, 3.8) is 0 Å². The van der Waals surface area contributed by atoms with Crippen LogP contribution in [-0.4, -0.2) is 5.91 Å². The molecule has 4 heteroatoms. The normalized spacial score (nSPS) is 27.8. The third-order valence-electron chi connectivity index (χ3n) is 7.61. The molecule has 2 bridgehead atoms. The van der Waals surface area contributed by atoms with Gasteiger partial charge in [-0.1, -0.05) is 41.9 Å².